The summed E-state index contributed by atoms with van der Waals surface area (Å²) in [6.07, 6.45) is 2.79. The van der Waals surface area contributed by atoms with E-state index in [1.165, 1.54) is 16.7 Å². The first kappa shape index (κ1) is 19.9. The lowest BCUT2D eigenvalue weighted by Gasteiger charge is -2.53. The van der Waals surface area contributed by atoms with Crippen LogP contribution in [0.15, 0.2) is 12.1 Å². The molecule has 0 bridgehead atoms. The number of esters is 1. The van der Waals surface area contributed by atoms with E-state index in [0.29, 0.717) is 18.9 Å². The molecule has 0 heterocycles. The second-order valence-corrected chi connectivity index (χ2v) is 8.72. The topological polar surface area (TPSA) is 52.6 Å². The Kier molecular flexibility index (Phi) is 5.13. The number of ether oxygens (including phenoxy) is 2. The second-order valence-electron chi connectivity index (χ2n) is 8.72. The maximum absolute atomic E-state index is 12.9. The number of ketones is 1. The number of carbonyl (C=O) groups excluding carboxylic acids is 2. The summed E-state index contributed by atoms with van der Waals surface area (Å²) in [7, 11) is 1.74. The highest BCUT2D eigenvalue weighted by molar-refractivity contribution is 6.04. The minimum Gasteiger partial charge on any atom is -0.496 e. The molecule has 1 saturated carbocycles. The fraction of sp³-hybridized carbons (Fsp3) is 0.652. The van der Waals surface area contributed by atoms with E-state index in [-0.39, 0.29) is 23.1 Å². The third-order valence-corrected chi connectivity index (χ3v) is 7.03. The van der Waals surface area contributed by atoms with E-state index in [0.717, 1.165) is 25.0 Å². The largest absolute Gasteiger partial charge is 0.496 e. The average molecular weight is 373 g/mol. The number of carbonyl (C=O) groups is 2. The Morgan fingerprint density at radius 1 is 1.26 bits per heavy atom. The molecule has 2 aliphatic rings. The van der Waals surface area contributed by atoms with Gasteiger partial charge < -0.3 is 9.47 Å². The van der Waals surface area contributed by atoms with E-state index < -0.39 is 5.41 Å². The van der Waals surface area contributed by atoms with Crippen molar-refractivity contribution in [2.75, 3.05) is 13.7 Å². The van der Waals surface area contributed by atoms with Crippen LogP contribution < -0.4 is 4.74 Å². The van der Waals surface area contributed by atoms with Crippen molar-refractivity contribution < 1.29 is 19.1 Å². The third kappa shape index (κ3) is 2.79. The fourth-order valence-electron chi connectivity index (χ4n) is 5.52. The molecule has 2 aliphatic carbocycles. The van der Waals surface area contributed by atoms with Gasteiger partial charge in [-0.25, -0.2) is 0 Å². The van der Waals surface area contributed by atoms with Gasteiger partial charge in [0, 0.05) is 6.42 Å². The van der Waals surface area contributed by atoms with E-state index in [4.69, 9.17) is 9.47 Å². The van der Waals surface area contributed by atoms with Crippen molar-refractivity contribution in [3.05, 3.63) is 28.8 Å². The smallest absolute Gasteiger partial charge is 0.319 e. The molecule has 1 fully saturated rings. The first-order valence-electron chi connectivity index (χ1n) is 10.1. The highest BCUT2D eigenvalue weighted by atomic mass is 16.5. The van der Waals surface area contributed by atoms with Gasteiger partial charge in [0.05, 0.1) is 13.7 Å². The summed E-state index contributed by atoms with van der Waals surface area (Å²) >= 11 is 0. The van der Waals surface area contributed by atoms with Crippen LogP contribution in [0.2, 0.25) is 0 Å². The van der Waals surface area contributed by atoms with Crippen molar-refractivity contribution in [1.29, 1.82) is 0 Å². The van der Waals surface area contributed by atoms with Crippen LogP contribution in [0.5, 0.6) is 5.75 Å². The minimum absolute atomic E-state index is 0.0256. The Labute approximate surface area is 162 Å². The van der Waals surface area contributed by atoms with Crippen LogP contribution in [-0.2, 0) is 26.2 Å². The molecule has 1 aromatic rings. The molecule has 0 N–H and O–H groups in total. The van der Waals surface area contributed by atoms with Crippen LogP contribution in [0.1, 0.15) is 76.5 Å². The summed E-state index contributed by atoms with van der Waals surface area (Å²) in [5, 5.41) is 0. The van der Waals surface area contributed by atoms with Gasteiger partial charge >= 0.3 is 5.97 Å². The molecule has 0 spiro atoms. The van der Waals surface area contributed by atoms with Crippen LogP contribution in [0, 0.1) is 11.3 Å². The maximum Gasteiger partial charge on any atom is 0.319 e. The molecule has 4 heteroatoms. The Morgan fingerprint density at radius 2 is 1.96 bits per heavy atom. The highest BCUT2D eigenvalue weighted by Gasteiger charge is 2.60. The molecule has 0 aromatic heterocycles. The van der Waals surface area contributed by atoms with Gasteiger partial charge in [-0.15, -0.1) is 0 Å². The van der Waals surface area contributed by atoms with Crippen LogP contribution in [0.4, 0.5) is 0 Å². The first-order valence-corrected chi connectivity index (χ1v) is 10.1. The van der Waals surface area contributed by atoms with Gasteiger partial charge in [0.15, 0.2) is 0 Å². The first-order chi connectivity index (χ1) is 12.7. The van der Waals surface area contributed by atoms with E-state index in [1.807, 2.05) is 0 Å². The van der Waals surface area contributed by atoms with Crippen molar-refractivity contribution in [2.24, 2.45) is 11.3 Å². The average Bonchev–Trinajstić information content (AvgIpc) is 2.64. The Bertz CT molecular complexity index is 766. The molecule has 4 nitrogen and oxygen atoms in total. The summed E-state index contributed by atoms with van der Waals surface area (Å²) < 4.78 is 11.2. The predicted octanol–water partition coefficient (Wildman–Crippen LogP) is 4.57. The third-order valence-electron chi connectivity index (χ3n) is 7.03. The van der Waals surface area contributed by atoms with Crippen molar-refractivity contribution in [3.63, 3.8) is 0 Å². The summed E-state index contributed by atoms with van der Waals surface area (Å²) in [4.78, 5) is 25.7. The van der Waals surface area contributed by atoms with Gasteiger partial charge in [0.25, 0.3) is 0 Å². The van der Waals surface area contributed by atoms with Gasteiger partial charge in [-0.05, 0) is 67.1 Å². The lowest BCUT2D eigenvalue weighted by molar-refractivity contribution is -0.169. The monoisotopic (exact) mass is 372 g/mol. The van der Waals surface area contributed by atoms with Gasteiger partial charge in [0.2, 0.25) is 0 Å². The molecule has 0 amide bonds. The van der Waals surface area contributed by atoms with E-state index in [1.54, 1.807) is 21.0 Å². The van der Waals surface area contributed by atoms with E-state index >= 15 is 0 Å². The lowest BCUT2D eigenvalue weighted by atomic mass is 9.49. The summed E-state index contributed by atoms with van der Waals surface area (Å²) in [5.41, 5.74) is 2.42. The molecule has 0 saturated heterocycles. The number of rotatable bonds is 4. The number of Topliss-reactive ketones (excluding diaryl/α,β-unsaturated/α-hetero) is 1. The van der Waals surface area contributed by atoms with Gasteiger partial charge in [-0.2, -0.15) is 0 Å². The van der Waals surface area contributed by atoms with E-state index in [9.17, 15) is 9.59 Å². The van der Waals surface area contributed by atoms with Crippen molar-refractivity contribution in [3.8, 4) is 5.75 Å². The molecule has 0 radical (unpaired) electrons. The van der Waals surface area contributed by atoms with Gasteiger partial charge in [0.1, 0.15) is 16.9 Å². The zero-order chi connectivity index (χ0) is 20.0. The second kappa shape index (κ2) is 6.96. The summed E-state index contributed by atoms with van der Waals surface area (Å²) in [6, 6.07) is 4.37. The maximum atomic E-state index is 12.9. The molecular formula is C23H32O4. The SMILES string of the molecule is CCOC(=O)[C@@]1(C)C(=O)CC[C@]2(C)c3ccc(C(C)C)c(OC)c3CC[C@@H]12. The highest BCUT2D eigenvalue weighted by Crippen LogP contribution is 2.57. The Balaban J connectivity index is 2.14. The van der Waals surface area contributed by atoms with Crippen molar-refractivity contribution >= 4 is 11.8 Å². The Hall–Kier alpha value is -1.84. The molecular weight excluding hydrogens is 340 g/mol. The van der Waals surface area contributed by atoms with Crippen LogP contribution >= 0.6 is 0 Å². The fourth-order valence-corrected chi connectivity index (χ4v) is 5.52. The zero-order valence-corrected chi connectivity index (χ0v) is 17.5. The summed E-state index contributed by atoms with van der Waals surface area (Å²) in [5.74, 6) is 0.982. The number of fused-ring (bicyclic) bond motifs is 3. The van der Waals surface area contributed by atoms with E-state index in [2.05, 4.69) is 32.9 Å². The van der Waals surface area contributed by atoms with Gasteiger partial charge in [-0.3, -0.25) is 9.59 Å². The predicted molar refractivity (Wildman–Crippen MR) is 105 cm³/mol. The summed E-state index contributed by atoms with van der Waals surface area (Å²) in [6.45, 7) is 10.5. The van der Waals surface area contributed by atoms with Crippen molar-refractivity contribution in [1.82, 2.24) is 0 Å². The number of benzene rings is 1. The normalized spacial score (nSPS) is 29.9. The number of methoxy groups -OCH3 is 1. The van der Waals surface area contributed by atoms with Crippen LogP contribution in [0.25, 0.3) is 0 Å². The number of hydrogen-bond donors (Lipinski definition) is 0. The minimum atomic E-state index is -1.06. The van der Waals surface area contributed by atoms with Gasteiger partial charge in [-0.1, -0.05) is 32.9 Å². The molecule has 27 heavy (non-hydrogen) atoms. The molecule has 3 rings (SSSR count). The molecule has 148 valence electrons. The molecule has 0 unspecified atom stereocenters. The van der Waals surface area contributed by atoms with Crippen LogP contribution in [0.3, 0.4) is 0 Å². The zero-order valence-electron chi connectivity index (χ0n) is 17.5. The molecule has 1 aromatic carbocycles. The standard InChI is InChI=1S/C23H32O4/c1-7-27-21(25)23(5)18-11-9-16-17(22(18,4)13-12-19(23)24)10-8-15(14(2)3)20(16)26-6/h8,10,14,18H,7,9,11-13H2,1-6H3/t18-,22-,23-/m1/s1. The van der Waals surface area contributed by atoms with Crippen molar-refractivity contribution in [2.45, 2.75) is 71.6 Å². The molecule has 0 aliphatic heterocycles. The lowest BCUT2D eigenvalue weighted by Crippen LogP contribution is -2.57. The number of hydrogen-bond acceptors (Lipinski definition) is 4. The quantitative estimate of drug-likeness (QED) is 0.574. The van der Waals surface area contributed by atoms with Crippen LogP contribution in [-0.4, -0.2) is 25.5 Å². The molecule has 3 atom stereocenters. The Morgan fingerprint density at radius 3 is 2.56 bits per heavy atom.